The lowest BCUT2D eigenvalue weighted by Gasteiger charge is -2.27. The Morgan fingerprint density at radius 1 is 0.968 bits per heavy atom. The number of nitrogen functional groups attached to an aromatic ring is 1. The fourth-order valence-electron chi connectivity index (χ4n) is 4.31. The van der Waals surface area contributed by atoms with Gasteiger partial charge in [0.1, 0.15) is 11.5 Å². The molecule has 0 bridgehead atoms. The molecule has 1 fully saturated rings. The lowest BCUT2D eigenvalue weighted by Crippen LogP contribution is -2.37. The highest BCUT2D eigenvalue weighted by molar-refractivity contribution is 7.26. The van der Waals surface area contributed by atoms with Crippen LogP contribution >= 0.6 is 11.3 Å². The number of nitrogens with two attached hydrogens (primary N) is 1. The van der Waals surface area contributed by atoms with Crippen molar-refractivity contribution in [3.8, 4) is 11.1 Å². The van der Waals surface area contributed by atoms with Gasteiger partial charge in [-0.25, -0.2) is 4.98 Å². The maximum Gasteiger partial charge on any atom is 0.259 e. The van der Waals surface area contributed by atoms with Gasteiger partial charge in [-0.15, -0.1) is 11.3 Å². The zero-order chi connectivity index (χ0) is 20.9. The first kappa shape index (κ1) is 18.4. The first-order valence-electron chi connectivity index (χ1n) is 10.3. The summed E-state index contributed by atoms with van der Waals surface area (Å²) in [4.78, 5) is 20.0. The Balaban J connectivity index is 1.62. The number of anilines is 2. The van der Waals surface area contributed by atoms with E-state index in [0.717, 1.165) is 35.3 Å². The molecule has 6 nitrogen and oxygen atoms in total. The van der Waals surface area contributed by atoms with Crippen LogP contribution in [0.2, 0.25) is 0 Å². The number of rotatable bonds is 2. The molecular weight excluding hydrogens is 408 g/mol. The SMILES string of the molecule is Nc1ccc2sc3c(-c4cccn5c(=O)cc(N6CCOCC6)nc45)cccc3c2c1. The zero-order valence-corrected chi connectivity index (χ0v) is 17.6. The predicted octanol–water partition coefficient (Wildman–Crippen LogP) is 4.15. The molecule has 0 aliphatic carbocycles. The van der Waals surface area contributed by atoms with E-state index in [9.17, 15) is 4.79 Å². The molecule has 5 aromatic rings. The number of morpholine rings is 1. The van der Waals surface area contributed by atoms with Crippen LogP contribution in [-0.2, 0) is 4.74 Å². The van der Waals surface area contributed by atoms with E-state index in [-0.39, 0.29) is 5.56 Å². The Hall–Kier alpha value is -3.42. The van der Waals surface area contributed by atoms with Gasteiger partial charge in [0.05, 0.1) is 13.2 Å². The summed E-state index contributed by atoms with van der Waals surface area (Å²) < 4.78 is 9.44. The smallest absolute Gasteiger partial charge is 0.259 e. The fraction of sp³-hybridized carbons (Fsp3) is 0.167. The largest absolute Gasteiger partial charge is 0.399 e. The number of fused-ring (bicyclic) bond motifs is 4. The third kappa shape index (κ3) is 2.97. The van der Waals surface area contributed by atoms with Crippen LogP contribution in [0.3, 0.4) is 0 Å². The summed E-state index contributed by atoms with van der Waals surface area (Å²) in [5, 5.41) is 2.32. The number of pyridine rings is 1. The molecule has 0 spiro atoms. The summed E-state index contributed by atoms with van der Waals surface area (Å²) in [5.41, 5.74) is 9.40. The van der Waals surface area contributed by atoms with Crippen molar-refractivity contribution in [2.75, 3.05) is 36.9 Å². The number of ether oxygens (including phenoxy) is 1. The van der Waals surface area contributed by atoms with Gasteiger partial charge in [-0.2, -0.15) is 0 Å². The molecule has 0 atom stereocenters. The summed E-state index contributed by atoms with van der Waals surface area (Å²) in [6.45, 7) is 2.76. The van der Waals surface area contributed by atoms with Crippen molar-refractivity contribution in [1.29, 1.82) is 0 Å². The van der Waals surface area contributed by atoms with E-state index in [0.29, 0.717) is 24.7 Å². The van der Waals surface area contributed by atoms with E-state index >= 15 is 0 Å². The molecule has 0 saturated carbocycles. The van der Waals surface area contributed by atoms with E-state index in [4.69, 9.17) is 15.5 Å². The number of thiophene rings is 1. The molecule has 2 aromatic carbocycles. The molecule has 0 radical (unpaired) electrons. The Morgan fingerprint density at radius 3 is 2.68 bits per heavy atom. The standard InChI is InChI=1S/C24H20N4O2S/c25-15-6-7-20-19(13-15)17-4-1-3-16(23(17)31-20)18-5-2-8-28-22(29)14-21(26-24(18)28)27-9-11-30-12-10-27/h1-8,13-14H,9-12,25H2. The van der Waals surface area contributed by atoms with Crippen LogP contribution in [0.1, 0.15) is 0 Å². The molecule has 1 saturated heterocycles. The van der Waals surface area contributed by atoms with Crippen molar-refractivity contribution in [3.05, 3.63) is 71.1 Å². The van der Waals surface area contributed by atoms with Gasteiger partial charge in [-0.05, 0) is 30.3 Å². The van der Waals surface area contributed by atoms with Crippen molar-refractivity contribution in [1.82, 2.24) is 9.38 Å². The normalized spacial score (nSPS) is 14.6. The van der Waals surface area contributed by atoms with E-state index in [1.807, 2.05) is 24.3 Å². The second-order valence-corrected chi connectivity index (χ2v) is 8.76. The fourth-order valence-corrected chi connectivity index (χ4v) is 5.52. The second-order valence-electron chi connectivity index (χ2n) is 7.71. The van der Waals surface area contributed by atoms with Gasteiger partial charge in [-0.3, -0.25) is 9.20 Å². The minimum absolute atomic E-state index is 0.0790. The number of hydrogen-bond acceptors (Lipinski definition) is 6. The lowest BCUT2D eigenvalue weighted by atomic mass is 10.0. The number of nitrogens with zero attached hydrogens (tertiary/aromatic N) is 3. The highest BCUT2D eigenvalue weighted by atomic mass is 32.1. The highest BCUT2D eigenvalue weighted by Gasteiger charge is 2.17. The van der Waals surface area contributed by atoms with Gasteiger partial charge in [0.25, 0.3) is 5.56 Å². The van der Waals surface area contributed by atoms with E-state index in [1.165, 1.54) is 14.8 Å². The van der Waals surface area contributed by atoms with Crippen molar-refractivity contribution in [2.24, 2.45) is 0 Å². The maximum atomic E-state index is 12.9. The minimum Gasteiger partial charge on any atom is -0.399 e. The molecule has 1 aliphatic rings. The first-order valence-corrected chi connectivity index (χ1v) is 11.1. The molecule has 4 heterocycles. The van der Waals surface area contributed by atoms with Gasteiger partial charge in [0, 0.05) is 62.3 Å². The Labute approximate surface area is 182 Å². The molecule has 154 valence electrons. The van der Waals surface area contributed by atoms with Gasteiger partial charge in [-0.1, -0.05) is 18.2 Å². The molecule has 0 amide bonds. The molecule has 6 rings (SSSR count). The van der Waals surface area contributed by atoms with E-state index in [1.54, 1.807) is 28.0 Å². The average Bonchev–Trinajstić information content (AvgIpc) is 3.17. The minimum atomic E-state index is -0.0790. The first-order chi connectivity index (χ1) is 15.2. The summed E-state index contributed by atoms with van der Waals surface area (Å²) in [7, 11) is 0. The van der Waals surface area contributed by atoms with Crippen LogP contribution in [0.25, 0.3) is 36.9 Å². The van der Waals surface area contributed by atoms with Crippen molar-refractivity contribution in [3.63, 3.8) is 0 Å². The molecule has 7 heteroatoms. The number of hydrogen-bond donors (Lipinski definition) is 1. The summed E-state index contributed by atoms with van der Waals surface area (Å²) in [5.74, 6) is 0.706. The molecular formula is C24H20N4O2S. The van der Waals surface area contributed by atoms with E-state index < -0.39 is 0 Å². The van der Waals surface area contributed by atoms with Crippen LogP contribution in [0.5, 0.6) is 0 Å². The Kier molecular flexibility index (Phi) is 4.19. The van der Waals surface area contributed by atoms with Gasteiger partial charge >= 0.3 is 0 Å². The van der Waals surface area contributed by atoms with Crippen molar-refractivity contribution < 1.29 is 4.74 Å². The molecule has 2 N–H and O–H groups in total. The monoisotopic (exact) mass is 428 g/mol. The van der Waals surface area contributed by atoms with Gasteiger partial charge in [0.2, 0.25) is 0 Å². The second kappa shape index (κ2) is 7.08. The van der Waals surface area contributed by atoms with Crippen LogP contribution in [0, 0.1) is 0 Å². The number of benzene rings is 2. The summed E-state index contributed by atoms with van der Waals surface area (Å²) in [6.07, 6.45) is 1.78. The topological polar surface area (TPSA) is 72.9 Å². The van der Waals surface area contributed by atoms with Gasteiger partial charge < -0.3 is 15.4 Å². The van der Waals surface area contributed by atoms with Crippen LogP contribution in [-0.4, -0.2) is 35.7 Å². The Morgan fingerprint density at radius 2 is 1.81 bits per heavy atom. The third-order valence-corrected chi connectivity index (χ3v) is 7.04. The summed E-state index contributed by atoms with van der Waals surface area (Å²) >= 11 is 1.74. The van der Waals surface area contributed by atoms with Crippen molar-refractivity contribution >= 4 is 48.7 Å². The van der Waals surface area contributed by atoms with Crippen LogP contribution < -0.4 is 16.2 Å². The molecule has 1 aliphatic heterocycles. The number of aromatic nitrogens is 2. The zero-order valence-electron chi connectivity index (χ0n) is 16.7. The molecule has 3 aromatic heterocycles. The van der Waals surface area contributed by atoms with E-state index in [2.05, 4.69) is 29.2 Å². The molecule has 31 heavy (non-hydrogen) atoms. The Bertz CT molecular complexity index is 1520. The quantitative estimate of drug-likeness (QED) is 0.428. The summed E-state index contributed by atoms with van der Waals surface area (Å²) in [6, 6.07) is 17.9. The predicted molar refractivity (Wildman–Crippen MR) is 127 cm³/mol. The van der Waals surface area contributed by atoms with Crippen molar-refractivity contribution in [2.45, 2.75) is 0 Å². The maximum absolute atomic E-state index is 12.9. The third-order valence-electron chi connectivity index (χ3n) is 5.82. The molecule has 0 unspecified atom stereocenters. The highest BCUT2D eigenvalue weighted by Crippen LogP contribution is 2.41. The van der Waals surface area contributed by atoms with Crippen LogP contribution in [0.15, 0.2) is 65.6 Å². The van der Waals surface area contributed by atoms with Crippen LogP contribution in [0.4, 0.5) is 11.5 Å². The van der Waals surface area contributed by atoms with Gasteiger partial charge in [0.15, 0.2) is 0 Å². The average molecular weight is 429 g/mol. The lowest BCUT2D eigenvalue weighted by molar-refractivity contribution is 0.122.